The highest BCUT2D eigenvalue weighted by molar-refractivity contribution is 5.80. The van der Waals surface area contributed by atoms with Crippen LogP contribution in [-0.4, -0.2) is 56.7 Å². The molecule has 0 radical (unpaired) electrons. The minimum atomic E-state index is 0.230. The van der Waals surface area contributed by atoms with Gasteiger partial charge in [-0.1, -0.05) is 26.0 Å². The number of aliphatic imine (C=N–C) groups is 1. The van der Waals surface area contributed by atoms with Gasteiger partial charge in [0, 0.05) is 31.9 Å². The molecule has 0 aromatic heterocycles. The van der Waals surface area contributed by atoms with E-state index in [1.165, 1.54) is 37.2 Å². The lowest BCUT2D eigenvalue weighted by molar-refractivity contribution is 0.302. The number of guanidine groups is 1. The quantitative estimate of drug-likeness (QED) is 0.373. The van der Waals surface area contributed by atoms with E-state index >= 15 is 0 Å². The zero-order valence-electron chi connectivity index (χ0n) is 17.8. The van der Waals surface area contributed by atoms with Crippen LogP contribution in [0.4, 0.5) is 5.69 Å². The van der Waals surface area contributed by atoms with Gasteiger partial charge in [0.1, 0.15) is 0 Å². The third kappa shape index (κ3) is 7.06. The van der Waals surface area contributed by atoms with E-state index in [2.05, 4.69) is 72.4 Å². The van der Waals surface area contributed by atoms with Crippen molar-refractivity contribution in [3.05, 3.63) is 29.8 Å². The molecule has 1 aliphatic rings. The van der Waals surface area contributed by atoms with E-state index in [9.17, 15) is 0 Å². The molecule has 0 saturated carbocycles. The number of hydrogen-bond acceptors (Lipinski definition) is 3. The van der Waals surface area contributed by atoms with Crippen LogP contribution in [0.15, 0.2) is 29.3 Å². The van der Waals surface area contributed by atoms with Crippen molar-refractivity contribution in [2.24, 2.45) is 4.99 Å². The highest BCUT2D eigenvalue weighted by atomic mass is 15.2. The smallest absolute Gasteiger partial charge is 0.191 e. The standard InChI is InChI=1S/C22H39N5/c1-5-23-22(24-14-11-15-26(6-2)7-3)25-19(4)20-12-10-13-21(18-20)27-16-8-9-17-27/h10,12-13,18-19H,5-9,11,14-17H2,1-4H3,(H2,23,24,25). The molecule has 2 rings (SSSR count). The predicted octanol–water partition coefficient (Wildman–Crippen LogP) is 3.63. The van der Waals surface area contributed by atoms with Gasteiger partial charge in [-0.25, -0.2) is 0 Å². The number of nitrogens with zero attached hydrogens (tertiary/aromatic N) is 3. The summed E-state index contributed by atoms with van der Waals surface area (Å²) in [6, 6.07) is 9.17. The van der Waals surface area contributed by atoms with Gasteiger partial charge in [-0.05, 0) is 70.4 Å². The Hall–Kier alpha value is -1.75. The van der Waals surface area contributed by atoms with Crippen molar-refractivity contribution in [2.45, 2.75) is 53.0 Å². The third-order valence-electron chi connectivity index (χ3n) is 5.34. The van der Waals surface area contributed by atoms with Crippen LogP contribution in [0.25, 0.3) is 0 Å². The highest BCUT2D eigenvalue weighted by Gasteiger charge is 2.14. The summed E-state index contributed by atoms with van der Waals surface area (Å²) in [5.41, 5.74) is 2.66. The Morgan fingerprint density at radius 1 is 1.19 bits per heavy atom. The number of nitrogens with one attached hydrogen (secondary N) is 2. The molecule has 1 unspecified atom stereocenters. The topological polar surface area (TPSA) is 42.9 Å². The number of rotatable bonds is 10. The first-order valence-corrected chi connectivity index (χ1v) is 10.8. The summed E-state index contributed by atoms with van der Waals surface area (Å²) in [5.74, 6) is 0.913. The maximum Gasteiger partial charge on any atom is 0.191 e. The second-order valence-corrected chi connectivity index (χ2v) is 7.30. The molecule has 0 amide bonds. The highest BCUT2D eigenvalue weighted by Crippen LogP contribution is 2.23. The van der Waals surface area contributed by atoms with Crippen LogP contribution in [-0.2, 0) is 0 Å². The third-order valence-corrected chi connectivity index (χ3v) is 5.34. The van der Waals surface area contributed by atoms with Gasteiger partial charge in [-0.15, -0.1) is 0 Å². The molecule has 1 atom stereocenters. The largest absolute Gasteiger partial charge is 0.372 e. The van der Waals surface area contributed by atoms with E-state index in [0.29, 0.717) is 0 Å². The van der Waals surface area contributed by atoms with Crippen LogP contribution in [0.2, 0.25) is 0 Å². The van der Waals surface area contributed by atoms with Crippen molar-refractivity contribution in [1.29, 1.82) is 0 Å². The molecule has 1 aromatic carbocycles. The first-order valence-electron chi connectivity index (χ1n) is 10.8. The molecule has 1 aromatic rings. The lowest BCUT2D eigenvalue weighted by atomic mass is 10.1. The van der Waals surface area contributed by atoms with Gasteiger partial charge in [-0.3, -0.25) is 4.99 Å². The van der Waals surface area contributed by atoms with Crippen molar-refractivity contribution in [2.75, 3.05) is 50.7 Å². The zero-order chi connectivity index (χ0) is 19.5. The Balaban J connectivity index is 1.92. The van der Waals surface area contributed by atoms with E-state index < -0.39 is 0 Å². The maximum absolute atomic E-state index is 4.78. The zero-order valence-corrected chi connectivity index (χ0v) is 17.8. The van der Waals surface area contributed by atoms with Crippen molar-refractivity contribution in [1.82, 2.24) is 15.5 Å². The number of hydrogen-bond donors (Lipinski definition) is 2. The van der Waals surface area contributed by atoms with E-state index in [4.69, 9.17) is 4.99 Å². The van der Waals surface area contributed by atoms with Crippen LogP contribution in [0, 0.1) is 0 Å². The molecule has 152 valence electrons. The van der Waals surface area contributed by atoms with Gasteiger partial charge < -0.3 is 20.4 Å². The number of benzene rings is 1. The van der Waals surface area contributed by atoms with Gasteiger partial charge in [-0.2, -0.15) is 0 Å². The van der Waals surface area contributed by atoms with Gasteiger partial charge in [0.05, 0.1) is 6.04 Å². The second kappa shape index (κ2) is 11.9. The van der Waals surface area contributed by atoms with Crippen molar-refractivity contribution in [3.63, 3.8) is 0 Å². The summed E-state index contributed by atoms with van der Waals surface area (Å²) in [7, 11) is 0. The van der Waals surface area contributed by atoms with Gasteiger partial charge in [0.25, 0.3) is 0 Å². The van der Waals surface area contributed by atoms with E-state index in [-0.39, 0.29) is 6.04 Å². The Kier molecular flexibility index (Phi) is 9.46. The van der Waals surface area contributed by atoms with Crippen LogP contribution >= 0.6 is 0 Å². The van der Waals surface area contributed by atoms with Gasteiger partial charge in [0.2, 0.25) is 0 Å². The first-order chi connectivity index (χ1) is 13.2. The predicted molar refractivity (Wildman–Crippen MR) is 118 cm³/mol. The fourth-order valence-corrected chi connectivity index (χ4v) is 3.60. The summed E-state index contributed by atoms with van der Waals surface area (Å²) < 4.78 is 0. The second-order valence-electron chi connectivity index (χ2n) is 7.30. The van der Waals surface area contributed by atoms with Gasteiger partial charge >= 0.3 is 0 Å². The van der Waals surface area contributed by atoms with Crippen LogP contribution in [0.1, 0.15) is 58.6 Å². The van der Waals surface area contributed by atoms with E-state index in [0.717, 1.165) is 45.1 Å². The fraction of sp³-hybridized carbons (Fsp3) is 0.682. The SMILES string of the molecule is CCNC(=NCCCN(CC)CC)NC(C)c1cccc(N2CCCC2)c1. The molecule has 5 nitrogen and oxygen atoms in total. The molecule has 1 saturated heterocycles. The van der Waals surface area contributed by atoms with Crippen LogP contribution < -0.4 is 15.5 Å². The molecule has 0 spiro atoms. The Bertz CT molecular complexity index is 562. The Morgan fingerprint density at radius 3 is 2.59 bits per heavy atom. The minimum Gasteiger partial charge on any atom is -0.372 e. The van der Waals surface area contributed by atoms with Crippen molar-refractivity contribution in [3.8, 4) is 0 Å². The molecule has 2 N–H and O–H groups in total. The van der Waals surface area contributed by atoms with Crippen molar-refractivity contribution < 1.29 is 0 Å². The van der Waals surface area contributed by atoms with Crippen LogP contribution in [0.5, 0.6) is 0 Å². The minimum absolute atomic E-state index is 0.230. The average Bonchev–Trinajstić information content (AvgIpc) is 3.23. The Labute approximate surface area is 166 Å². The van der Waals surface area contributed by atoms with E-state index in [1.54, 1.807) is 0 Å². The normalized spacial score (nSPS) is 16.0. The lowest BCUT2D eigenvalue weighted by Crippen LogP contribution is -2.39. The summed E-state index contributed by atoms with van der Waals surface area (Å²) in [6.45, 7) is 16.2. The van der Waals surface area contributed by atoms with Crippen molar-refractivity contribution >= 4 is 11.6 Å². The van der Waals surface area contributed by atoms with Gasteiger partial charge in [0.15, 0.2) is 5.96 Å². The molecule has 0 bridgehead atoms. The molecular weight excluding hydrogens is 334 g/mol. The lowest BCUT2D eigenvalue weighted by Gasteiger charge is -2.22. The molecule has 1 aliphatic heterocycles. The maximum atomic E-state index is 4.78. The summed E-state index contributed by atoms with van der Waals surface area (Å²) in [4.78, 5) is 9.71. The molecule has 0 aliphatic carbocycles. The first kappa shape index (κ1) is 21.5. The fourth-order valence-electron chi connectivity index (χ4n) is 3.60. The summed E-state index contributed by atoms with van der Waals surface area (Å²) in [5, 5.41) is 6.96. The average molecular weight is 374 g/mol. The monoisotopic (exact) mass is 373 g/mol. The molecule has 5 heteroatoms. The molecule has 1 fully saturated rings. The van der Waals surface area contributed by atoms with Crippen LogP contribution in [0.3, 0.4) is 0 Å². The van der Waals surface area contributed by atoms with E-state index in [1.807, 2.05) is 0 Å². The Morgan fingerprint density at radius 2 is 1.93 bits per heavy atom. The summed E-state index contributed by atoms with van der Waals surface area (Å²) >= 11 is 0. The summed E-state index contributed by atoms with van der Waals surface area (Å²) in [6.07, 6.45) is 3.71. The molecular formula is C22H39N5. The number of anilines is 1. The molecule has 27 heavy (non-hydrogen) atoms. The molecule has 1 heterocycles.